The average Bonchev–Trinajstić information content (AvgIpc) is 3.09. The van der Waals surface area contributed by atoms with Crippen LogP contribution in [0.5, 0.6) is 0 Å². The summed E-state index contributed by atoms with van der Waals surface area (Å²) in [5.74, 6) is 2.88. The molecule has 3 rings (SSSR count). The minimum absolute atomic E-state index is 0.196. The quantitative estimate of drug-likeness (QED) is 0.665. The van der Waals surface area contributed by atoms with Crippen LogP contribution in [0.2, 0.25) is 0 Å². The smallest absolute Gasteiger partial charge is 0.134 e. The van der Waals surface area contributed by atoms with Gasteiger partial charge in [-0.25, -0.2) is 0 Å². The second-order valence-electron chi connectivity index (χ2n) is 4.95. The van der Waals surface area contributed by atoms with Crippen molar-refractivity contribution < 1.29 is 8.83 Å². The lowest BCUT2D eigenvalue weighted by molar-refractivity contribution is 0.463. The Morgan fingerprint density at radius 2 is 2.10 bits per heavy atom. The monoisotopic (exact) mass is 301 g/mol. The van der Waals surface area contributed by atoms with Gasteiger partial charge in [-0.15, -0.1) is 11.8 Å². The second kappa shape index (κ2) is 6.41. The Labute approximate surface area is 128 Å². The van der Waals surface area contributed by atoms with Crippen molar-refractivity contribution in [2.24, 2.45) is 0 Å². The fraction of sp³-hybridized carbons (Fsp3) is 0.294. The summed E-state index contributed by atoms with van der Waals surface area (Å²) in [6.07, 6.45) is 1.74. The van der Waals surface area contributed by atoms with Crippen LogP contribution >= 0.6 is 11.8 Å². The summed E-state index contributed by atoms with van der Waals surface area (Å²) in [4.78, 5) is 1.19. The van der Waals surface area contributed by atoms with Gasteiger partial charge in [-0.2, -0.15) is 0 Å². The molecule has 3 aromatic rings. The largest absolute Gasteiger partial charge is 0.468 e. The third-order valence-corrected chi connectivity index (χ3v) is 4.69. The van der Waals surface area contributed by atoms with E-state index in [2.05, 4.69) is 24.4 Å². The Hall–Kier alpha value is -1.65. The van der Waals surface area contributed by atoms with Crippen LogP contribution in [0, 0.1) is 6.92 Å². The Bertz CT molecular complexity index is 683. The second-order valence-corrected chi connectivity index (χ2v) is 6.01. The molecular weight excluding hydrogens is 282 g/mol. The summed E-state index contributed by atoms with van der Waals surface area (Å²) in [5, 5.41) is 4.65. The van der Waals surface area contributed by atoms with E-state index in [-0.39, 0.29) is 6.04 Å². The van der Waals surface area contributed by atoms with Crippen LogP contribution in [0.3, 0.4) is 0 Å². The van der Waals surface area contributed by atoms with E-state index in [0.29, 0.717) is 0 Å². The minimum Gasteiger partial charge on any atom is -0.468 e. The molecule has 4 heteroatoms. The minimum atomic E-state index is 0.196. The Balaban J connectivity index is 1.78. The number of fused-ring (bicyclic) bond motifs is 1. The van der Waals surface area contributed by atoms with Gasteiger partial charge < -0.3 is 14.2 Å². The van der Waals surface area contributed by atoms with Crippen molar-refractivity contribution in [3.8, 4) is 0 Å². The molecule has 0 bridgehead atoms. The molecule has 1 N–H and O–H groups in total. The summed E-state index contributed by atoms with van der Waals surface area (Å²) >= 11 is 1.79. The van der Waals surface area contributed by atoms with Crippen molar-refractivity contribution in [2.75, 3.05) is 12.3 Å². The highest BCUT2D eigenvalue weighted by atomic mass is 32.2. The van der Waals surface area contributed by atoms with Crippen LogP contribution < -0.4 is 5.32 Å². The zero-order chi connectivity index (χ0) is 14.7. The number of nitrogens with one attached hydrogen (secondary N) is 1. The normalized spacial score (nSPS) is 12.9. The predicted octanol–water partition coefficient (Wildman–Crippen LogP) is 4.78. The lowest BCUT2D eigenvalue weighted by Gasteiger charge is -2.14. The highest BCUT2D eigenvalue weighted by Crippen LogP contribution is 2.30. The van der Waals surface area contributed by atoms with Gasteiger partial charge in [-0.05, 0) is 31.7 Å². The van der Waals surface area contributed by atoms with Gasteiger partial charge in [-0.1, -0.05) is 25.1 Å². The van der Waals surface area contributed by atoms with Gasteiger partial charge >= 0.3 is 0 Å². The number of hydrogen-bond donors (Lipinski definition) is 1. The van der Waals surface area contributed by atoms with Gasteiger partial charge in [0.25, 0.3) is 0 Å². The fourth-order valence-corrected chi connectivity index (χ4v) is 3.39. The molecule has 0 amide bonds. The van der Waals surface area contributed by atoms with Crippen LogP contribution in [0.15, 0.2) is 56.4 Å². The zero-order valence-electron chi connectivity index (χ0n) is 12.3. The Morgan fingerprint density at radius 3 is 2.81 bits per heavy atom. The summed E-state index contributed by atoms with van der Waals surface area (Å²) in [7, 11) is 0. The van der Waals surface area contributed by atoms with Crippen LogP contribution in [-0.2, 0) is 0 Å². The molecule has 0 fully saturated rings. The van der Waals surface area contributed by atoms with E-state index in [1.165, 1.54) is 4.90 Å². The number of benzene rings is 1. The van der Waals surface area contributed by atoms with Crippen molar-refractivity contribution in [3.05, 3.63) is 54.2 Å². The van der Waals surface area contributed by atoms with Gasteiger partial charge in [0.1, 0.15) is 17.1 Å². The van der Waals surface area contributed by atoms with Crippen LogP contribution in [0.1, 0.15) is 24.5 Å². The van der Waals surface area contributed by atoms with Crippen molar-refractivity contribution in [1.82, 2.24) is 5.32 Å². The van der Waals surface area contributed by atoms with Crippen molar-refractivity contribution >= 4 is 22.7 Å². The van der Waals surface area contributed by atoms with E-state index in [0.717, 1.165) is 34.8 Å². The standard InChI is InChI=1S/C17H19NO2S/c1-3-18-14(11-21-17-8-9-19-12(17)2)16-10-13-6-4-5-7-15(13)20-16/h4-10,14,18H,3,11H2,1-2H3. The highest BCUT2D eigenvalue weighted by Gasteiger charge is 2.16. The van der Waals surface area contributed by atoms with Crippen LogP contribution in [-0.4, -0.2) is 12.3 Å². The molecule has 1 aromatic carbocycles. The molecule has 2 heterocycles. The van der Waals surface area contributed by atoms with Gasteiger partial charge in [0.05, 0.1) is 12.3 Å². The summed E-state index contributed by atoms with van der Waals surface area (Å²) in [6, 6.07) is 12.5. The van der Waals surface area contributed by atoms with Crippen LogP contribution in [0.4, 0.5) is 0 Å². The van der Waals surface area contributed by atoms with Crippen molar-refractivity contribution in [1.29, 1.82) is 0 Å². The lowest BCUT2D eigenvalue weighted by atomic mass is 10.2. The van der Waals surface area contributed by atoms with E-state index in [4.69, 9.17) is 8.83 Å². The molecule has 1 atom stereocenters. The number of hydrogen-bond acceptors (Lipinski definition) is 4. The van der Waals surface area contributed by atoms with Gasteiger partial charge in [-0.3, -0.25) is 0 Å². The summed E-state index contributed by atoms with van der Waals surface area (Å²) in [5.41, 5.74) is 0.944. The molecule has 21 heavy (non-hydrogen) atoms. The predicted molar refractivity (Wildman–Crippen MR) is 86.8 cm³/mol. The first-order chi connectivity index (χ1) is 10.3. The number of para-hydroxylation sites is 1. The molecule has 2 aromatic heterocycles. The zero-order valence-corrected chi connectivity index (χ0v) is 13.1. The first-order valence-corrected chi connectivity index (χ1v) is 8.15. The fourth-order valence-electron chi connectivity index (χ4n) is 2.36. The lowest BCUT2D eigenvalue weighted by Crippen LogP contribution is -2.22. The third kappa shape index (κ3) is 3.17. The molecule has 0 saturated carbocycles. The SMILES string of the molecule is CCNC(CSc1ccoc1C)c1cc2ccccc2o1. The average molecular weight is 301 g/mol. The number of aryl methyl sites for hydroxylation is 1. The highest BCUT2D eigenvalue weighted by molar-refractivity contribution is 7.99. The topological polar surface area (TPSA) is 38.3 Å². The van der Waals surface area contributed by atoms with E-state index >= 15 is 0 Å². The molecule has 0 spiro atoms. The molecule has 1 unspecified atom stereocenters. The van der Waals surface area contributed by atoms with E-state index in [9.17, 15) is 0 Å². The molecule has 0 aliphatic heterocycles. The van der Waals surface area contributed by atoms with Gasteiger partial charge in [0.15, 0.2) is 0 Å². The van der Waals surface area contributed by atoms with E-state index in [1.54, 1.807) is 18.0 Å². The molecule has 0 saturated heterocycles. The molecule has 110 valence electrons. The number of thioether (sulfide) groups is 1. The molecule has 3 nitrogen and oxygen atoms in total. The van der Waals surface area contributed by atoms with Crippen LogP contribution in [0.25, 0.3) is 11.0 Å². The summed E-state index contributed by atoms with van der Waals surface area (Å²) < 4.78 is 11.3. The maximum atomic E-state index is 5.98. The number of furan rings is 2. The first kappa shape index (κ1) is 14.3. The van der Waals surface area contributed by atoms with Gasteiger partial charge in [0.2, 0.25) is 0 Å². The molecule has 0 aliphatic carbocycles. The first-order valence-electron chi connectivity index (χ1n) is 7.16. The van der Waals surface area contributed by atoms with Gasteiger partial charge in [0, 0.05) is 16.0 Å². The maximum Gasteiger partial charge on any atom is 0.134 e. The molecule has 0 radical (unpaired) electrons. The Kier molecular flexibility index (Phi) is 4.36. The maximum absolute atomic E-state index is 5.98. The van der Waals surface area contributed by atoms with E-state index < -0.39 is 0 Å². The molecule has 0 aliphatic rings. The van der Waals surface area contributed by atoms with Crippen molar-refractivity contribution in [3.63, 3.8) is 0 Å². The third-order valence-electron chi connectivity index (χ3n) is 3.46. The van der Waals surface area contributed by atoms with E-state index in [1.807, 2.05) is 31.2 Å². The molecular formula is C17H19NO2S. The van der Waals surface area contributed by atoms with Crippen molar-refractivity contribution in [2.45, 2.75) is 24.8 Å². The Morgan fingerprint density at radius 1 is 1.24 bits per heavy atom. The summed E-state index contributed by atoms with van der Waals surface area (Å²) in [6.45, 7) is 5.02. The number of rotatable bonds is 6.